The minimum Gasteiger partial charge on any atom is -0.493 e. The van der Waals surface area contributed by atoms with Gasteiger partial charge in [0.25, 0.3) is 0 Å². The summed E-state index contributed by atoms with van der Waals surface area (Å²) in [4.78, 5) is 15.8. The molecule has 3 N–H and O–H groups in total. The number of amides is 1. The Morgan fingerprint density at radius 2 is 1.82 bits per heavy atom. The summed E-state index contributed by atoms with van der Waals surface area (Å²) in [6.07, 6.45) is 3.26. The molecule has 1 aromatic carbocycles. The van der Waals surface area contributed by atoms with Crippen LogP contribution < -0.4 is 25.4 Å². The molecule has 0 atom stereocenters. The molecule has 1 amide bonds. The lowest BCUT2D eigenvalue weighted by molar-refractivity contribution is -0.120. The third-order valence-electron chi connectivity index (χ3n) is 3.90. The molecule has 0 saturated heterocycles. The molecular formula is C20H35IN4O3. The van der Waals surface area contributed by atoms with Gasteiger partial charge in [-0.05, 0) is 43.9 Å². The van der Waals surface area contributed by atoms with Gasteiger partial charge in [0.1, 0.15) is 0 Å². The Hall–Kier alpha value is -1.71. The quantitative estimate of drug-likeness (QED) is 0.176. The van der Waals surface area contributed by atoms with Crippen LogP contribution in [0.5, 0.6) is 11.5 Å². The van der Waals surface area contributed by atoms with E-state index in [2.05, 4.69) is 27.0 Å². The number of rotatable bonds is 12. The summed E-state index contributed by atoms with van der Waals surface area (Å²) in [7, 11) is 3.37. The monoisotopic (exact) mass is 506 g/mol. The van der Waals surface area contributed by atoms with Crippen LogP contribution in [-0.2, 0) is 11.2 Å². The molecule has 0 unspecified atom stereocenters. The second kappa shape index (κ2) is 16.3. The first-order valence-corrected chi connectivity index (χ1v) is 9.65. The highest BCUT2D eigenvalue weighted by molar-refractivity contribution is 14.0. The lowest BCUT2D eigenvalue weighted by Gasteiger charge is -2.13. The maximum atomic E-state index is 11.6. The van der Waals surface area contributed by atoms with Gasteiger partial charge in [-0.25, -0.2) is 0 Å². The van der Waals surface area contributed by atoms with E-state index in [0.717, 1.165) is 43.9 Å². The van der Waals surface area contributed by atoms with Gasteiger partial charge < -0.3 is 25.4 Å². The normalized spacial score (nSPS) is 10.6. The molecule has 7 nitrogen and oxygen atoms in total. The van der Waals surface area contributed by atoms with Gasteiger partial charge in [0.05, 0.1) is 13.7 Å². The second-order valence-corrected chi connectivity index (χ2v) is 6.05. The number of benzene rings is 1. The first-order valence-electron chi connectivity index (χ1n) is 9.65. The zero-order valence-corrected chi connectivity index (χ0v) is 19.8. The molecule has 160 valence electrons. The van der Waals surface area contributed by atoms with Crippen molar-refractivity contribution >= 4 is 35.8 Å². The molecule has 0 spiro atoms. The van der Waals surface area contributed by atoms with Crippen LogP contribution in [0.3, 0.4) is 0 Å². The van der Waals surface area contributed by atoms with E-state index in [9.17, 15) is 4.79 Å². The van der Waals surface area contributed by atoms with Crippen molar-refractivity contribution in [2.45, 2.75) is 39.5 Å². The molecule has 0 saturated carbocycles. The van der Waals surface area contributed by atoms with Crippen molar-refractivity contribution in [3.05, 3.63) is 23.8 Å². The van der Waals surface area contributed by atoms with Crippen molar-refractivity contribution in [1.29, 1.82) is 0 Å². The van der Waals surface area contributed by atoms with Crippen LogP contribution in [0.15, 0.2) is 23.2 Å². The van der Waals surface area contributed by atoms with Crippen molar-refractivity contribution < 1.29 is 14.3 Å². The van der Waals surface area contributed by atoms with E-state index < -0.39 is 0 Å². The first kappa shape index (κ1) is 26.3. The number of guanidine groups is 1. The number of nitrogens with zero attached hydrogens (tertiary/aromatic N) is 1. The Labute approximate surface area is 186 Å². The molecule has 8 heteroatoms. The molecular weight excluding hydrogens is 471 g/mol. The largest absolute Gasteiger partial charge is 0.493 e. The second-order valence-electron chi connectivity index (χ2n) is 6.05. The third-order valence-corrected chi connectivity index (χ3v) is 3.90. The van der Waals surface area contributed by atoms with E-state index >= 15 is 0 Å². The number of nitrogens with one attached hydrogen (secondary N) is 3. The Morgan fingerprint density at radius 1 is 1.07 bits per heavy atom. The maximum absolute atomic E-state index is 11.6. The number of ether oxygens (including phenoxy) is 2. The van der Waals surface area contributed by atoms with Crippen LogP contribution in [0, 0.1) is 0 Å². The molecule has 1 aromatic rings. The van der Waals surface area contributed by atoms with E-state index in [4.69, 9.17) is 9.47 Å². The van der Waals surface area contributed by atoms with E-state index in [1.807, 2.05) is 26.0 Å². The highest BCUT2D eigenvalue weighted by Gasteiger charge is 2.06. The van der Waals surface area contributed by atoms with Gasteiger partial charge in [-0.15, -0.1) is 24.0 Å². The van der Waals surface area contributed by atoms with Gasteiger partial charge in [0.15, 0.2) is 17.5 Å². The van der Waals surface area contributed by atoms with Gasteiger partial charge in [-0.3, -0.25) is 9.79 Å². The molecule has 0 aliphatic heterocycles. The number of carbonyl (C=O) groups excluding carboxylic acids is 1. The van der Waals surface area contributed by atoms with Crippen molar-refractivity contribution in [3.63, 3.8) is 0 Å². The van der Waals surface area contributed by atoms with Crippen molar-refractivity contribution in [2.24, 2.45) is 4.99 Å². The van der Waals surface area contributed by atoms with E-state index in [1.54, 1.807) is 14.2 Å². The molecule has 0 aliphatic carbocycles. The Kier molecular flexibility index (Phi) is 15.3. The molecule has 0 aliphatic rings. The molecule has 0 radical (unpaired) electrons. The van der Waals surface area contributed by atoms with Crippen molar-refractivity contribution in [1.82, 2.24) is 16.0 Å². The number of carbonyl (C=O) groups is 1. The zero-order chi connectivity index (χ0) is 19.9. The van der Waals surface area contributed by atoms with Gasteiger partial charge in [-0.2, -0.15) is 0 Å². The number of hydrogen-bond donors (Lipinski definition) is 3. The summed E-state index contributed by atoms with van der Waals surface area (Å²) in [5.74, 6) is 2.31. The van der Waals surface area contributed by atoms with Crippen LogP contribution >= 0.6 is 24.0 Å². The van der Waals surface area contributed by atoms with Gasteiger partial charge in [0, 0.05) is 33.1 Å². The van der Waals surface area contributed by atoms with E-state index in [1.165, 1.54) is 5.56 Å². The molecule has 0 heterocycles. The number of aryl methyl sites for hydroxylation is 1. The fourth-order valence-electron chi connectivity index (χ4n) is 2.51. The topological polar surface area (TPSA) is 84.0 Å². The highest BCUT2D eigenvalue weighted by Crippen LogP contribution is 2.28. The minimum absolute atomic E-state index is 0. The fourth-order valence-corrected chi connectivity index (χ4v) is 2.51. The van der Waals surface area contributed by atoms with Crippen molar-refractivity contribution in [2.75, 3.05) is 40.4 Å². The van der Waals surface area contributed by atoms with Gasteiger partial charge in [-0.1, -0.05) is 13.0 Å². The third kappa shape index (κ3) is 10.6. The lowest BCUT2D eigenvalue weighted by Crippen LogP contribution is -2.39. The molecule has 0 fully saturated rings. The Morgan fingerprint density at radius 3 is 2.46 bits per heavy atom. The predicted molar refractivity (Wildman–Crippen MR) is 125 cm³/mol. The van der Waals surface area contributed by atoms with Crippen LogP contribution in [0.4, 0.5) is 0 Å². The summed E-state index contributed by atoms with van der Waals surface area (Å²) in [5.41, 5.74) is 1.21. The summed E-state index contributed by atoms with van der Waals surface area (Å²) in [6, 6.07) is 6.03. The number of halogens is 1. The fraction of sp³-hybridized carbons (Fsp3) is 0.600. The number of aliphatic imine (C=N–C) groups is 1. The predicted octanol–water partition coefficient (Wildman–Crippen LogP) is 2.73. The van der Waals surface area contributed by atoms with Crippen LogP contribution in [0.25, 0.3) is 0 Å². The average Bonchev–Trinajstić information content (AvgIpc) is 2.68. The van der Waals surface area contributed by atoms with Gasteiger partial charge in [0.2, 0.25) is 5.91 Å². The van der Waals surface area contributed by atoms with Gasteiger partial charge >= 0.3 is 0 Å². The minimum atomic E-state index is 0. The van der Waals surface area contributed by atoms with E-state index in [0.29, 0.717) is 25.5 Å². The van der Waals surface area contributed by atoms with Crippen LogP contribution in [0.1, 0.15) is 38.7 Å². The molecule has 28 heavy (non-hydrogen) atoms. The summed E-state index contributed by atoms with van der Waals surface area (Å²) in [6.45, 7) is 6.68. The average molecular weight is 506 g/mol. The van der Waals surface area contributed by atoms with Crippen LogP contribution in [-0.4, -0.2) is 52.3 Å². The highest BCUT2D eigenvalue weighted by atomic mass is 127. The Balaban J connectivity index is 0.00000729. The lowest BCUT2D eigenvalue weighted by atomic mass is 10.1. The standard InChI is InChI=1S/C20H34N4O3.HI/c1-5-12-22-19(25)11-14-24-20(21-3)23-13-7-8-16-9-10-17(26-4)18(15-16)27-6-2;/h9-10,15H,5-8,11-14H2,1-4H3,(H,22,25)(H2,21,23,24);1H. The zero-order valence-electron chi connectivity index (χ0n) is 17.5. The number of methoxy groups -OCH3 is 1. The SMILES string of the molecule is CCCNC(=O)CCNC(=NC)NCCCc1ccc(OC)c(OCC)c1.I. The van der Waals surface area contributed by atoms with Crippen molar-refractivity contribution in [3.8, 4) is 11.5 Å². The van der Waals surface area contributed by atoms with Crippen LogP contribution in [0.2, 0.25) is 0 Å². The smallest absolute Gasteiger partial charge is 0.221 e. The molecule has 0 bridgehead atoms. The first-order chi connectivity index (χ1) is 13.1. The summed E-state index contributed by atoms with van der Waals surface area (Å²) in [5, 5.41) is 9.29. The molecule has 0 aromatic heterocycles. The maximum Gasteiger partial charge on any atom is 0.221 e. The van der Waals surface area contributed by atoms with E-state index in [-0.39, 0.29) is 29.9 Å². The molecule has 1 rings (SSSR count). The number of hydrogen-bond acceptors (Lipinski definition) is 4. The summed E-state index contributed by atoms with van der Waals surface area (Å²) >= 11 is 0. The Bertz CT molecular complexity index is 597. The summed E-state index contributed by atoms with van der Waals surface area (Å²) < 4.78 is 10.9.